The molecule has 0 spiro atoms. The van der Waals surface area contributed by atoms with E-state index in [4.69, 9.17) is 4.42 Å². The van der Waals surface area contributed by atoms with Crippen LogP contribution in [0.5, 0.6) is 0 Å². The average Bonchev–Trinajstić information content (AvgIpc) is 2.87. The van der Waals surface area contributed by atoms with Gasteiger partial charge < -0.3 is 4.42 Å². The molecule has 0 saturated carbocycles. The number of fused-ring (bicyclic) bond motifs is 1. The Morgan fingerprint density at radius 1 is 1.12 bits per heavy atom. The Labute approximate surface area is 139 Å². The highest BCUT2D eigenvalue weighted by molar-refractivity contribution is 7.92. The summed E-state index contributed by atoms with van der Waals surface area (Å²) in [5.41, 5.74) is -0.856. The summed E-state index contributed by atoms with van der Waals surface area (Å²) in [5, 5.41) is 0. The van der Waals surface area contributed by atoms with Crippen molar-refractivity contribution in [2.24, 2.45) is 0 Å². The molecule has 1 heterocycles. The first-order valence-electron chi connectivity index (χ1n) is 6.90. The molecule has 0 saturated heterocycles. The quantitative estimate of drug-likeness (QED) is 0.738. The van der Waals surface area contributed by atoms with Crippen LogP contribution in [-0.2, 0) is 16.2 Å². The van der Waals surface area contributed by atoms with E-state index in [1.807, 2.05) is 0 Å². The number of aryl methyl sites for hydroxylation is 1. The summed E-state index contributed by atoms with van der Waals surface area (Å²) in [5.74, 6) is -0.745. The van der Waals surface area contributed by atoms with Gasteiger partial charge in [-0.05, 0) is 36.8 Å². The van der Waals surface area contributed by atoms with Crippen molar-refractivity contribution in [1.82, 2.24) is 4.98 Å². The molecule has 25 heavy (non-hydrogen) atoms. The smallest absolute Gasteiger partial charge is 0.408 e. The minimum Gasteiger partial charge on any atom is -0.408 e. The number of aromatic amines is 1. The van der Waals surface area contributed by atoms with Crippen molar-refractivity contribution in [3.05, 3.63) is 58.1 Å². The van der Waals surface area contributed by atoms with Crippen molar-refractivity contribution < 1.29 is 26.0 Å². The topological polar surface area (TPSA) is 92.2 Å². The molecule has 132 valence electrons. The maximum Gasteiger partial charge on any atom is 0.417 e. The lowest BCUT2D eigenvalue weighted by Gasteiger charge is -2.13. The van der Waals surface area contributed by atoms with Gasteiger partial charge in [-0.2, -0.15) is 13.2 Å². The number of oxazole rings is 1. The molecule has 0 atom stereocenters. The molecular weight excluding hydrogens is 361 g/mol. The number of hydrogen-bond donors (Lipinski definition) is 2. The largest absolute Gasteiger partial charge is 0.417 e. The third-order valence-electron chi connectivity index (χ3n) is 3.50. The highest BCUT2D eigenvalue weighted by Gasteiger charge is 2.32. The fourth-order valence-corrected chi connectivity index (χ4v) is 3.36. The van der Waals surface area contributed by atoms with E-state index in [0.29, 0.717) is 5.52 Å². The van der Waals surface area contributed by atoms with E-state index in [1.165, 1.54) is 31.2 Å². The van der Waals surface area contributed by atoms with Crippen LogP contribution in [-0.4, -0.2) is 13.4 Å². The molecule has 2 N–H and O–H groups in total. The minimum absolute atomic E-state index is 0.0211. The first-order chi connectivity index (χ1) is 11.6. The maximum absolute atomic E-state index is 12.9. The van der Waals surface area contributed by atoms with E-state index >= 15 is 0 Å². The van der Waals surface area contributed by atoms with Crippen LogP contribution in [0.4, 0.5) is 18.9 Å². The Balaban J connectivity index is 1.99. The minimum atomic E-state index is -4.60. The van der Waals surface area contributed by atoms with Gasteiger partial charge in [0.2, 0.25) is 0 Å². The normalized spacial score (nSPS) is 12.5. The Bertz CT molecular complexity index is 1110. The summed E-state index contributed by atoms with van der Waals surface area (Å²) in [7, 11) is -4.16. The van der Waals surface area contributed by atoms with Gasteiger partial charge in [-0.3, -0.25) is 9.71 Å². The Morgan fingerprint density at radius 3 is 2.52 bits per heavy atom. The number of H-pyrrole nitrogens is 1. The average molecular weight is 372 g/mol. The lowest BCUT2D eigenvalue weighted by molar-refractivity contribution is -0.138. The van der Waals surface area contributed by atoms with E-state index < -0.39 is 27.5 Å². The van der Waals surface area contributed by atoms with Crippen LogP contribution in [0.2, 0.25) is 0 Å². The number of anilines is 1. The number of hydrogen-bond acceptors (Lipinski definition) is 4. The Kier molecular flexibility index (Phi) is 3.87. The van der Waals surface area contributed by atoms with Gasteiger partial charge in [-0.25, -0.2) is 13.2 Å². The maximum atomic E-state index is 12.9. The van der Waals surface area contributed by atoms with Crippen molar-refractivity contribution in [3.8, 4) is 0 Å². The molecule has 0 aliphatic rings. The van der Waals surface area contributed by atoms with Crippen LogP contribution in [0, 0.1) is 6.92 Å². The zero-order valence-electron chi connectivity index (χ0n) is 12.6. The van der Waals surface area contributed by atoms with Gasteiger partial charge >= 0.3 is 11.9 Å². The van der Waals surface area contributed by atoms with Gasteiger partial charge in [-0.1, -0.05) is 6.07 Å². The monoisotopic (exact) mass is 372 g/mol. The van der Waals surface area contributed by atoms with Gasteiger partial charge in [0.05, 0.1) is 16.0 Å². The summed E-state index contributed by atoms with van der Waals surface area (Å²) < 4.78 is 70.4. The summed E-state index contributed by atoms with van der Waals surface area (Å²) in [6, 6.07) is 6.77. The van der Waals surface area contributed by atoms with Crippen LogP contribution in [0.15, 0.2) is 50.5 Å². The molecule has 6 nitrogen and oxygen atoms in total. The highest BCUT2D eigenvalue weighted by atomic mass is 32.2. The first-order valence-corrected chi connectivity index (χ1v) is 8.38. The summed E-state index contributed by atoms with van der Waals surface area (Å²) >= 11 is 0. The molecule has 0 radical (unpaired) electrons. The van der Waals surface area contributed by atoms with Crippen LogP contribution in [0.1, 0.15) is 11.1 Å². The summed E-state index contributed by atoms with van der Waals surface area (Å²) in [6.45, 7) is 1.28. The molecule has 3 aromatic rings. The Hall–Kier alpha value is -2.75. The molecule has 0 fully saturated rings. The number of halogens is 3. The van der Waals surface area contributed by atoms with Gasteiger partial charge in [0.25, 0.3) is 10.0 Å². The van der Waals surface area contributed by atoms with Crippen LogP contribution < -0.4 is 10.5 Å². The number of rotatable bonds is 3. The van der Waals surface area contributed by atoms with Crippen molar-refractivity contribution in [3.63, 3.8) is 0 Å². The summed E-state index contributed by atoms with van der Waals surface area (Å²) in [6.07, 6.45) is -4.60. The molecule has 0 aliphatic heterocycles. The highest BCUT2D eigenvalue weighted by Crippen LogP contribution is 2.34. The number of benzene rings is 2. The molecule has 10 heteroatoms. The third kappa shape index (κ3) is 3.38. The number of alkyl halides is 3. The number of nitrogens with one attached hydrogen (secondary N) is 2. The van der Waals surface area contributed by atoms with E-state index in [9.17, 15) is 26.4 Å². The van der Waals surface area contributed by atoms with Crippen molar-refractivity contribution in [2.75, 3.05) is 4.72 Å². The molecule has 2 aromatic carbocycles. The molecule has 1 aromatic heterocycles. The second-order valence-electron chi connectivity index (χ2n) is 5.31. The van der Waals surface area contributed by atoms with E-state index in [2.05, 4.69) is 9.71 Å². The first kappa shape index (κ1) is 17.1. The van der Waals surface area contributed by atoms with Crippen LogP contribution in [0.3, 0.4) is 0 Å². The van der Waals surface area contributed by atoms with Crippen molar-refractivity contribution in [1.29, 1.82) is 0 Å². The fraction of sp³-hybridized carbons (Fsp3) is 0.133. The third-order valence-corrected chi connectivity index (χ3v) is 4.88. The van der Waals surface area contributed by atoms with Gasteiger partial charge in [0.15, 0.2) is 5.58 Å². The molecule has 0 unspecified atom stereocenters. The van der Waals surface area contributed by atoms with Gasteiger partial charge in [-0.15, -0.1) is 0 Å². The van der Waals surface area contributed by atoms with Gasteiger partial charge in [0, 0.05) is 11.8 Å². The van der Waals surface area contributed by atoms with Crippen molar-refractivity contribution >= 4 is 26.8 Å². The van der Waals surface area contributed by atoms with Crippen LogP contribution >= 0.6 is 0 Å². The van der Waals surface area contributed by atoms with E-state index in [0.717, 1.165) is 12.1 Å². The molecule has 0 amide bonds. The second-order valence-corrected chi connectivity index (χ2v) is 6.99. The molecular formula is C15H11F3N2O4S. The standard InChI is InChI=1S/C15H11F3N2O4S/c1-8-2-3-9(6-11(8)15(16,17)18)20-25(22,23)10-4-5-12-13(7-10)24-14(21)19-12/h2-7,20H,1H3,(H,19,21). The predicted octanol–water partition coefficient (Wildman–Crippen LogP) is 3.25. The lowest BCUT2D eigenvalue weighted by Crippen LogP contribution is -2.14. The Morgan fingerprint density at radius 2 is 1.84 bits per heavy atom. The fourth-order valence-electron chi connectivity index (χ4n) is 2.30. The predicted molar refractivity (Wildman–Crippen MR) is 83.8 cm³/mol. The summed E-state index contributed by atoms with van der Waals surface area (Å²) in [4.78, 5) is 13.2. The lowest BCUT2D eigenvalue weighted by atomic mass is 10.1. The molecule has 3 rings (SSSR count). The van der Waals surface area contributed by atoms with Crippen LogP contribution in [0.25, 0.3) is 11.1 Å². The molecule has 0 aliphatic carbocycles. The van der Waals surface area contributed by atoms with Gasteiger partial charge in [0.1, 0.15) is 0 Å². The zero-order chi connectivity index (χ0) is 18.4. The molecule has 0 bridgehead atoms. The van der Waals surface area contributed by atoms with Crippen molar-refractivity contribution in [2.45, 2.75) is 18.0 Å². The second kappa shape index (κ2) is 5.66. The number of aromatic nitrogens is 1. The van der Waals surface area contributed by atoms with E-state index in [-0.39, 0.29) is 21.7 Å². The van der Waals surface area contributed by atoms with E-state index in [1.54, 1.807) is 0 Å². The zero-order valence-corrected chi connectivity index (χ0v) is 13.5. The number of sulfonamides is 1. The SMILES string of the molecule is Cc1ccc(NS(=O)(=O)c2ccc3[nH]c(=O)oc3c2)cc1C(F)(F)F.